The van der Waals surface area contributed by atoms with Crippen molar-refractivity contribution in [2.45, 2.75) is 26.7 Å². The average Bonchev–Trinajstić information content (AvgIpc) is 3.29. The van der Waals surface area contributed by atoms with Crippen molar-refractivity contribution in [2.24, 2.45) is 5.92 Å². The first-order chi connectivity index (χ1) is 10.1. The van der Waals surface area contributed by atoms with Crippen molar-refractivity contribution in [1.29, 1.82) is 0 Å². The minimum absolute atomic E-state index is 0.0668. The highest BCUT2D eigenvalue weighted by Crippen LogP contribution is 2.29. The normalized spacial score (nSPS) is 13.6. The van der Waals surface area contributed by atoms with Gasteiger partial charge in [-0.25, -0.2) is 0 Å². The highest BCUT2D eigenvalue weighted by molar-refractivity contribution is 5.93. The fraction of sp³-hybridized carbons (Fsp3) is 0.500. The second-order valence-corrected chi connectivity index (χ2v) is 5.14. The summed E-state index contributed by atoms with van der Waals surface area (Å²) in [6.07, 6.45) is 1.96. The minimum Gasteiger partial charge on any atom is -0.492 e. The summed E-state index contributed by atoms with van der Waals surface area (Å²) in [4.78, 5) is 25.1. The Morgan fingerprint density at radius 3 is 2.67 bits per heavy atom. The van der Waals surface area contributed by atoms with Crippen LogP contribution in [0.25, 0.3) is 0 Å². The van der Waals surface area contributed by atoms with E-state index in [1.807, 2.05) is 31.2 Å². The molecule has 0 saturated heterocycles. The first-order valence-corrected chi connectivity index (χ1v) is 7.41. The number of carbonyl (C=O) groups is 2. The number of hydrogen-bond donors (Lipinski definition) is 1. The molecule has 114 valence electrons. The van der Waals surface area contributed by atoms with Gasteiger partial charge in [0, 0.05) is 25.9 Å². The molecular formula is C16H22N2O3. The molecule has 21 heavy (non-hydrogen) atoms. The van der Waals surface area contributed by atoms with Crippen LogP contribution >= 0.6 is 0 Å². The third-order valence-electron chi connectivity index (χ3n) is 3.42. The summed E-state index contributed by atoms with van der Waals surface area (Å²) in [5.41, 5.74) is 0.743. The number of amides is 2. The van der Waals surface area contributed by atoms with Gasteiger partial charge in [-0.1, -0.05) is 12.1 Å². The number of nitrogens with zero attached hydrogens (tertiary/aromatic N) is 1. The van der Waals surface area contributed by atoms with Gasteiger partial charge in [-0.05, 0) is 31.9 Å². The summed E-state index contributed by atoms with van der Waals surface area (Å²) in [5.74, 6) is 0.898. The largest absolute Gasteiger partial charge is 0.492 e. The first-order valence-electron chi connectivity index (χ1n) is 7.41. The summed E-state index contributed by atoms with van der Waals surface area (Å²) in [6, 6.07) is 7.45. The number of ether oxygens (including phenoxy) is 1. The zero-order valence-electron chi connectivity index (χ0n) is 12.6. The quantitative estimate of drug-likeness (QED) is 0.835. The predicted molar refractivity (Wildman–Crippen MR) is 81.4 cm³/mol. The van der Waals surface area contributed by atoms with Gasteiger partial charge in [0.2, 0.25) is 11.8 Å². The van der Waals surface area contributed by atoms with Crippen LogP contribution in [0.2, 0.25) is 0 Å². The van der Waals surface area contributed by atoms with Gasteiger partial charge in [0.15, 0.2) is 0 Å². The van der Waals surface area contributed by atoms with Gasteiger partial charge in [0.25, 0.3) is 0 Å². The van der Waals surface area contributed by atoms with E-state index in [1.165, 1.54) is 6.92 Å². The van der Waals surface area contributed by atoms with Gasteiger partial charge in [-0.15, -0.1) is 0 Å². The third-order valence-corrected chi connectivity index (χ3v) is 3.42. The molecule has 0 atom stereocenters. The number of benzene rings is 1. The van der Waals surface area contributed by atoms with E-state index in [2.05, 4.69) is 5.32 Å². The molecule has 5 nitrogen and oxygen atoms in total. The topological polar surface area (TPSA) is 58.6 Å². The highest BCUT2D eigenvalue weighted by atomic mass is 16.5. The van der Waals surface area contributed by atoms with Crippen molar-refractivity contribution in [3.05, 3.63) is 24.3 Å². The van der Waals surface area contributed by atoms with Crippen molar-refractivity contribution < 1.29 is 14.3 Å². The molecule has 0 radical (unpaired) electrons. The summed E-state index contributed by atoms with van der Waals surface area (Å²) >= 11 is 0. The Morgan fingerprint density at radius 2 is 2.05 bits per heavy atom. The lowest BCUT2D eigenvalue weighted by Crippen LogP contribution is -2.38. The van der Waals surface area contributed by atoms with Crippen molar-refractivity contribution >= 4 is 17.5 Å². The maximum atomic E-state index is 11.9. The summed E-state index contributed by atoms with van der Waals surface area (Å²) in [6.45, 7) is 4.87. The lowest BCUT2D eigenvalue weighted by Gasteiger charge is -2.23. The van der Waals surface area contributed by atoms with Gasteiger partial charge >= 0.3 is 0 Å². The molecule has 1 aromatic carbocycles. The molecule has 0 bridgehead atoms. The number of rotatable bonds is 7. The van der Waals surface area contributed by atoms with Crippen molar-refractivity contribution in [1.82, 2.24) is 5.32 Å². The van der Waals surface area contributed by atoms with Gasteiger partial charge in [0.05, 0.1) is 12.3 Å². The predicted octanol–water partition coefficient (Wildman–Crippen LogP) is 1.96. The Kier molecular flexibility index (Phi) is 5.20. The summed E-state index contributed by atoms with van der Waals surface area (Å²) in [5, 5.41) is 2.88. The SMILES string of the molecule is CCOc1ccccc1N(CCNC(=O)C1CC1)C(C)=O. The van der Waals surface area contributed by atoms with E-state index in [4.69, 9.17) is 4.74 Å². The Balaban J connectivity index is 2.00. The zero-order chi connectivity index (χ0) is 15.2. The fourth-order valence-electron chi connectivity index (χ4n) is 2.19. The number of para-hydroxylation sites is 2. The molecule has 1 fully saturated rings. The van der Waals surface area contributed by atoms with Crippen LogP contribution in [0.1, 0.15) is 26.7 Å². The van der Waals surface area contributed by atoms with Crippen LogP contribution in [0, 0.1) is 5.92 Å². The van der Waals surface area contributed by atoms with Crippen LogP contribution in [0.3, 0.4) is 0 Å². The van der Waals surface area contributed by atoms with Gasteiger partial charge in [-0.2, -0.15) is 0 Å². The fourth-order valence-corrected chi connectivity index (χ4v) is 2.19. The molecule has 0 heterocycles. The maximum Gasteiger partial charge on any atom is 0.224 e. The van der Waals surface area contributed by atoms with E-state index in [0.29, 0.717) is 25.4 Å². The Morgan fingerprint density at radius 1 is 1.33 bits per heavy atom. The highest BCUT2D eigenvalue weighted by Gasteiger charge is 2.29. The molecule has 1 N–H and O–H groups in total. The summed E-state index contributed by atoms with van der Waals surface area (Å²) < 4.78 is 5.56. The molecule has 1 aliphatic rings. The molecular weight excluding hydrogens is 268 g/mol. The number of anilines is 1. The monoisotopic (exact) mass is 290 g/mol. The second kappa shape index (κ2) is 7.11. The standard InChI is InChI=1S/C16H22N2O3/c1-3-21-15-7-5-4-6-14(15)18(12(2)19)11-10-17-16(20)13-8-9-13/h4-7,13H,3,8-11H2,1-2H3,(H,17,20). The second-order valence-electron chi connectivity index (χ2n) is 5.14. The Labute approximate surface area is 125 Å². The van der Waals surface area contributed by atoms with Crippen LogP contribution in [-0.2, 0) is 9.59 Å². The smallest absolute Gasteiger partial charge is 0.224 e. The Bertz CT molecular complexity index is 512. The van der Waals surface area contributed by atoms with Crippen LogP contribution in [0.5, 0.6) is 5.75 Å². The van der Waals surface area contributed by atoms with E-state index < -0.39 is 0 Å². The molecule has 5 heteroatoms. The lowest BCUT2D eigenvalue weighted by molar-refractivity contribution is -0.122. The van der Waals surface area contributed by atoms with Crippen LogP contribution in [0.15, 0.2) is 24.3 Å². The van der Waals surface area contributed by atoms with Gasteiger partial charge in [0.1, 0.15) is 5.75 Å². The van der Waals surface area contributed by atoms with Crippen molar-refractivity contribution in [3.8, 4) is 5.75 Å². The molecule has 1 saturated carbocycles. The van der Waals surface area contributed by atoms with Crippen molar-refractivity contribution in [2.75, 3.05) is 24.6 Å². The molecule has 2 amide bonds. The molecule has 0 aliphatic heterocycles. The molecule has 1 aliphatic carbocycles. The lowest BCUT2D eigenvalue weighted by atomic mass is 10.2. The van der Waals surface area contributed by atoms with Crippen LogP contribution in [0.4, 0.5) is 5.69 Å². The maximum absolute atomic E-state index is 11.9. The molecule has 0 unspecified atom stereocenters. The molecule has 0 aromatic heterocycles. The minimum atomic E-state index is -0.0668. The number of hydrogen-bond acceptors (Lipinski definition) is 3. The van der Waals surface area contributed by atoms with Crippen LogP contribution < -0.4 is 15.0 Å². The molecule has 2 rings (SSSR count). The average molecular weight is 290 g/mol. The Hall–Kier alpha value is -2.04. The zero-order valence-corrected chi connectivity index (χ0v) is 12.6. The molecule has 1 aromatic rings. The van der Waals surface area contributed by atoms with E-state index in [0.717, 1.165) is 18.5 Å². The van der Waals surface area contributed by atoms with Gasteiger partial charge < -0.3 is 15.0 Å². The number of nitrogens with one attached hydrogen (secondary N) is 1. The van der Waals surface area contributed by atoms with Gasteiger partial charge in [-0.3, -0.25) is 9.59 Å². The molecule has 0 spiro atoms. The number of carbonyl (C=O) groups excluding carboxylic acids is 2. The summed E-state index contributed by atoms with van der Waals surface area (Å²) in [7, 11) is 0. The van der Waals surface area contributed by atoms with E-state index in [-0.39, 0.29) is 17.7 Å². The van der Waals surface area contributed by atoms with Crippen molar-refractivity contribution in [3.63, 3.8) is 0 Å². The first kappa shape index (κ1) is 15.4. The third kappa shape index (κ3) is 4.21. The van der Waals surface area contributed by atoms with Crippen LogP contribution in [-0.4, -0.2) is 31.5 Å². The van der Waals surface area contributed by atoms with E-state index in [1.54, 1.807) is 4.90 Å². The van der Waals surface area contributed by atoms with E-state index >= 15 is 0 Å². The van der Waals surface area contributed by atoms with E-state index in [9.17, 15) is 9.59 Å².